The van der Waals surface area contributed by atoms with Crippen LogP contribution < -0.4 is 9.80 Å². The topological polar surface area (TPSA) is 63.0 Å². The van der Waals surface area contributed by atoms with Gasteiger partial charge >= 0.3 is 0 Å². The molecule has 4 heterocycles. The molecule has 0 saturated heterocycles. The second-order valence-corrected chi connectivity index (χ2v) is 13.8. The number of anilines is 3. The molecule has 0 atom stereocenters. The molecule has 0 amide bonds. The summed E-state index contributed by atoms with van der Waals surface area (Å²) in [6, 6.07) is 48.7. The van der Waals surface area contributed by atoms with Crippen LogP contribution in [-0.2, 0) is 26.5 Å². The van der Waals surface area contributed by atoms with E-state index in [0.717, 1.165) is 61.4 Å². The summed E-state index contributed by atoms with van der Waals surface area (Å²) in [5, 5.41) is 2.22. The maximum atomic E-state index is 5.09. The minimum Gasteiger partial charge on any atom is -0.504 e. The molecule has 258 valence electrons. The molecule has 7 nitrogen and oxygen atoms in total. The molecule has 0 fully saturated rings. The van der Waals surface area contributed by atoms with Gasteiger partial charge in [0.05, 0.1) is 11.6 Å². The third-order valence-electron chi connectivity index (χ3n) is 9.42. The van der Waals surface area contributed by atoms with Crippen molar-refractivity contribution >= 4 is 38.9 Å². The number of nitrogens with zero attached hydrogens (tertiary/aromatic N) is 7. The van der Waals surface area contributed by atoms with Gasteiger partial charge in [0, 0.05) is 49.7 Å². The van der Waals surface area contributed by atoms with Gasteiger partial charge in [0.15, 0.2) is 0 Å². The molecule has 0 aliphatic carbocycles. The van der Waals surface area contributed by atoms with E-state index in [1.54, 1.807) is 0 Å². The van der Waals surface area contributed by atoms with Crippen LogP contribution in [0.1, 0.15) is 26.3 Å². The number of para-hydroxylation sites is 3. The van der Waals surface area contributed by atoms with Crippen molar-refractivity contribution < 1.29 is 21.1 Å². The molecule has 1 aliphatic heterocycles. The second-order valence-electron chi connectivity index (χ2n) is 13.8. The molecular weight excluding hydrogens is 822 g/mol. The van der Waals surface area contributed by atoms with Crippen LogP contribution in [0.2, 0.25) is 0 Å². The van der Waals surface area contributed by atoms with Gasteiger partial charge in [-0.05, 0) is 59.3 Å². The first-order valence-electron chi connectivity index (χ1n) is 17.0. The molecule has 52 heavy (non-hydrogen) atoms. The Morgan fingerprint density at radius 3 is 2.12 bits per heavy atom. The Balaban J connectivity index is 0.00000387. The van der Waals surface area contributed by atoms with Gasteiger partial charge in [-0.1, -0.05) is 92.5 Å². The Bertz CT molecular complexity index is 2590. The van der Waals surface area contributed by atoms with Crippen molar-refractivity contribution in [3.8, 4) is 40.0 Å². The maximum absolute atomic E-state index is 5.09. The first-order valence-corrected chi connectivity index (χ1v) is 17.0. The first-order chi connectivity index (χ1) is 24.8. The van der Waals surface area contributed by atoms with Crippen LogP contribution in [0.3, 0.4) is 0 Å². The van der Waals surface area contributed by atoms with Crippen LogP contribution in [0, 0.1) is 18.8 Å². The largest absolute Gasteiger partial charge is 0.504 e. The fraction of sp³-hybridized carbons (Fsp3) is 0.114. The summed E-state index contributed by atoms with van der Waals surface area (Å²) in [6.07, 6.45) is 1.89. The van der Waals surface area contributed by atoms with E-state index in [1.807, 2.05) is 48.7 Å². The third-order valence-corrected chi connectivity index (χ3v) is 9.42. The van der Waals surface area contributed by atoms with Gasteiger partial charge in [0.1, 0.15) is 11.6 Å². The van der Waals surface area contributed by atoms with E-state index in [1.165, 1.54) is 5.56 Å². The van der Waals surface area contributed by atoms with E-state index in [0.29, 0.717) is 17.5 Å². The van der Waals surface area contributed by atoms with Crippen LogP contribution in [0.15, 0.2) is 128 Å². The fourth-order valence-corrected chi connectivity index (χ4v) is 6.78. The zero-order chi connectivity index (χ0) is 34.7. The molecule has 5 aromatic carbocycles. The zero-order valence-corrected chi connectivity index (χ0v) is 31.4. The van der Waals surface area contributed by atoms with Gasteiger partial charge in [-0.3, -0.25) is 9.97 Å². The van der Waals surface area contributed by atoms with Crippen molar-refractivity contribution in [1.29, 1.82) is 0 Å². The maximum Gasteiger partial charge on any atom is 0.144 e. The average Bonchev–Trinajstić information content (AvgIpc) is 3.69. The first kappa shape index (κ1) is 33.5. The number of rotatable bonds is 5. The minimum atomic E-state index is -0.0269. The van der Waals surface area contributed by atoms with E-state index in [2.05, 4.69) is 140 Å². The average molecular weight is 856 g/mol. The summed E-state index contributed by atoms with van der Waals surface area (Å²) in [4.78, 5) is 24.2. The Morgan fingerprint density at radius 2 is 1.33 bits per heavy atom. The Labute approximate surface area is 317 Å². The molecule has 0 unspecified atom stereocenters. The van der Waals surface area contributed by atoms with E-state index < -0.39 is 0 Å². The Hall–Kier alpha value is -5.65. The van der Waals surface area contributed by atoms with Crippen molar-refractivity contribution in [3.05, 3.63) is 152 Å². The van der Waals surface area contributed by atoms with Crippen LogP contribution in [0.5, 0.6) is 0 Å². The Morgan fingerprint density at radius 1 is 0.635 bits per heavy atom. The van der Waals surface area contributed by atoms with Crippen molar-refractivity contribution in [1.82, 2.24) is 24.5 Å². The van der Waals surface area contributed by atoms with E-state index in [9.17, 15) is 0 Å². The van der Waals surface area contributed by atoms with E-state index in [-0.39, 0.29) is 26.5 Å². The molecular formula is C44H34N7Pt-3. The predicted octanol–water partition coefficient (Wildman–Crippen LogP) is 9.97. The van der Waals surface area contributed by atoms with Crippen molar-refractivity contribution in [2.45, 2.75) is 26.2 Å². The fourth-order valence-electron chi connectivity index (χ4n) is 6.78. The molecule has 1 aliphatic rings. The van der Waals surface area contributed by atoms with Gasteiger partial charge in [0.25, 0.3) is 0 Å². The molecule has 3 aromatic heterocycles. The minimum absolute atomic E-state index is 0. The third kappa shape index (κ3) is 5.85. The summed E-state index contributed by atoms with van der Waals surface area (Å²) in [5.41, 5.74) is 8.73. The summed E-state index contributed by atoms with van der Waals surface area (Å²) in [6.45, 7) is 8.74. The summed E-state index contributed by atoms with van der Waals surface area (Å²) in [7, 11) is 2.05. The van der Waals surface area contributed by atoms with Crippen molar-refractivity contribution in [3.63, 3.8) is 0 Å². The van der Waals surface area contributed by atoms with Gasteiger partial charge in [-0.15, -0.1) is 53.6 Å². The summed E-state index contributed by atoms with van der Waals surface area (Å²) >= 11 is 0. The summed E-state index contributed by atoms with van der Waals surface area (Å²) in [5.74, 6) is 2.50. The zero-order valence-electron chi connectivity index (χ0n) is 29.1. The van der Waals surface area contributed by atoms with Crippen LogP contribution in [-0.4, -0.2) is 31.6 Å². The molecule has 8 aromatic rings. The molecule has 0 bridgehead atoms. The predicted molar refractivity (Wildman–Crippen MR) is 206 cm³/mol. The molecule has 0 radical (unpaired) electrons. The standard InChI is InChI=1S/C44H34N7.Pt/c1-44(2,3)32-23-24-45-40(27-32)51-36-18-9-8-17-34(36)35-22-21-31(26-39(35)51)43-47-41(29-13-6-5-7-14-29)46-42(48-43)30-15-12-16-33(25-30)50-28-49(4)37-19-10-11-20-38(37)50;/h5-24,27-28H,1-4H3;/q-3;. The van der Waals surface area contributed by atoms with Crippen molar-refractivity contribution in [2.24, 2.45) is 0 Å². The van der Waals surface area contributed by atoms with Crippen LogP contribution in [0.25, 0.3) is 61.8 Å². The van der Waals surface area contributed by atoms with E-state index >= 15 is 0 Å². The SMILES string of the molecule is CN1[CH-]N(c2[c-]c(-c3nc(-c4[c-]c5c(cc4)c4ccccc4n5-c4cc(C(C)(C)C)ccn4)nc(-c4ccccc4)n3)ccc2)c2ccccc21.[Pt]. The van der Waals surface area contributed by atoms with E-state index in [4.69, 9.17) is 19.9 Å². The number of hydrogen-bond acceptors (Lipinski definition) is 6. The smallest absolute Gasteiger partial charge is 0.144 e. The quantitative estimate of drug-likeness (QED) is 0.161. The number of benzene rings is 5. The Kier molecular flexibility index (Phi) is 8.47. The van der Waals surface area contributed by atoms with Gasteiger partial charge in [-0.2, -0.15) is 6.67 Å². The normalized spacial score (nSPS) is 12.7. The molecule has 0 saturated carbocycles. The molecule has 8 heteroatoms. The number of pyridine rings is 1. The second kappa shape index (κ2) is 13.2. The van der Waals surface area contributed by atoms with Crippen molar-refractivity contribution in [2.75, 3.05) is 16.8 Å². The monoisotopic (exact) mass is 855 g/mol. The molecule has 0 spiro atoms. The van der Waals surface area contributed by atoms with Gasteiger partial charge in [-0.25, -0.2) is 4.98 Å². The molecule has 9 rings (SSSR count). The number of hydrogen-bond donors (Lipinski definition) is 0. The number of aromatic nitrogens is 5. The number of fused-ring (bicyclic) bond motifs is 4. The van der Waals surface area contributed by atoms with Crippen LogP contribution >= 0.6 is 0 Å². The summed E-state index contributed by atoms with van der Waals surface area (Å²) < 4.78 is 2.20. The van der Waals surface area contributed by atoms with Crippen LogP contribution in [0.4, 0.5) is 17.1 Å². The van der Waals surface area contributed by atoms with Gasteiger partial charge < -0.3 is 19.4 Å². The molecule has 0 N–H and O–H groups in total. The van der Waals surface area contributed by atoms with Gasteiger partial charge in [0.2, 0.25) is 0 Å².